The summed E-state index contributed by atoms with van der Waals surface area (Å²) < 4.78 is 26.8. The second-order valence-electron chi connectivity index (χ2n) is 4.66. The number of sulfonamides is 1. The molecule has 0 bridgehead atoms. The molecule has 0 aromatic carbocycles. The van der Waals surface area contributed by atoms with Crippen LogP contribution in [-0.2, 0) is 10.0 Å². The highest BCUT2D eigenvalue weighted by Crippen LogP contribution is 2.24. The van der Waals surface area contributed by atoms with E-state index in [1.165, 1.54) is 6.07 Å². The Morgan fingerprint density at radius 2 is 1.95 bits per heavy atom. The Morgan fingerprint density at radius 3 is 2.57 bits per heavy atom. The summed E-state index contributed by atoms with van der Waals surface area (Å²) in [5.41, 5.74) is 0.553. The van der Waals surface area contributed by atoms with Crippen LogP contribution in [-0.4, -0.2) is 30.7 Å². The summed E-state index contributed by atoms with van der Waals surface area (Å²) in [6.45, 7) is 1.99. The molecule has 0 radical (unpaired) electrons. The van der Waals surface area contributed by atoms with Gasteiger partial charge in [-0.25, -0.2) is 13.6 Å². The van der Waals surface area contributed by atoms with Gasteiger partial charge in [0.1, 0.15) is 5.69 Å². The lowest BCUT2D eigenvalue weighted by Crippen LogP contribution is -2.16. The third kappa shape index (κ3) is 7.00. The predicted molar refractivity (Wildman–Crippen MR) is 77.6 cm³/mol. The Kier molecular flexibility index (Phi) is 6.50. The van der Waals surface area contributed by atoms with Crippen LogP contribution in [0.15, 0.2) is 12.1 Å². The van der Waals surface area contributed by atoms with Crippen LogP contribution >= 0.6 is 0 Å². The number of nitrogens with two attached hydrogens (primary N) is 1. The first-order valence-electron chi connectivity index (χ1n) is 6.55. The lowest BCUT2D eigenvalue weighted by atomic mass is 10.2. The summed E-state index contributed by atoms with van der Waals surface area (Å²) in [5.74, 6) is -0.166. The molecule has 2 N–H and O–H groups in total. The van der Waals surface area contributed by atoms with Gasteiger partial charge in [0.05, 0.1) is 12.4 Å². The van der Waals surface area contributed by atoms with E-state index < -0.39 is 14.9 Å². The maximum Gasteiger partial charge on any atom is 0.406 e. The highest BCUT2D eigenvalue weighted by Gasteiger charge is 2.17. The summed E-state index contributed by atoms with van der Waals surface area (Å²) in [6, 6.07) is 3.18. The molecule has 0 saturated heterocycles. The summed E-state index contributed by atoms with van der Waals surface area (Å²) >= 11 is 0. The first kappa shape index (κ1) is 17.3. The summed E-state index contributed by atoms with van der Waals surface area (Å²) in [6.07, 6.45) is 2.66. The van der Waals surface area contributed by atoms with E-state index >= 15 is 0 Å². The van der Waals surface area contributed by atoms with Crippen LogP contribution in [0.1, 0.15) is 31.4 Å². The smallest absolute Gasteiger partial charge is 0.406 e. The lowest BCUT2D eigenvalue weighted by molar-refractivity contribution is -0.390. The second kappa shape index (κ2) is 7.89. The van der Waals surface area contributed by atoms with Gasteiger partial charge in [-0.1, -0.05) is 12.8 Å². The van der Waals surface area contributed by atoms with Gasteiger partial charge < -0.3 is 14.9 Å². The van der Waals surface area contributed by atoms with E-state index in [0.717, 1.165) is 6.42 Å². The van der Waals surface area contributed by atoms with E-state index in [9.17, 15) is 18.5 Å². The van der Waals surface area contributed by atoms with Crippen LogP contribution in [0.5, 0.6) is 5.75 Å². The maximum atomic E-state index is 10.8. The van der Waals surface area contributed by atoms with Crippen LogP contribution in [0.2, 0.25) is 0 Å². The third-order valence-electron chi connectivity index (χ3n) is 2.73. The molecule has 9 heteroatoms. The van der Waals surface area contributed by atoms with Gasteiger partial charge >= 0.3 is 5.82 Å². The van der Waals surface area contributed by atoms with Gasteiger partial charge in [-0.15, -0.1) is 0 Å². The van der Waals surface area contributed by atoms with Crippen molar-refractivity contribution in [2.75, 3.05) is 12.4 Å². The average molecular weight is 317 g/mol. The molecule has 1 aromatic heterocycles. The molecule has 0 aliphatic rings. The van der Waals surface area contributed by atoms with Gasteiger partial charge in [-0.05, 0) is 34.9 Å². The number of rotatable bonds is 9. The normalized spacial score (nSPS) is 11.3. The largest absolute Gasteiger partial charge is 0.486 e. The standard InChI is InChI=1S/C12H19N3O5S/c1-10-6-7-11(12(14-10)15(16)17)20-8-4-2-3-5-9-21(13,18)19/h6-7H,2-5,8-9H2,1H3,(H2,13,18,19). The predicted octanol–water partition coefficient (Wildman–Crippen LogP) is 1.53. The fourth-order valence-electron chi connectivity index (χ4n) is 1.71. The van der Waals surface area contributed by atoms with Crippen LogP contribution in [0.25, 0.3) is 0 Å². The molecule has 0 saturated carbocycles. The van der Waals surface area contributed by atoms with Crippen molar-refractivity contribution in [3.63, 3.8) is 0 Å². The van der Waals surface area contributed by atoms with Gasteiger partial charge in [0.2, 0.25) is 15.8 Å². The molecule has 0 fully saturated rings. The molecule has 0 unspecified atom stereocenters. The minimum absolute atomic E-state index is 0.0266. The molecular weight excluding hydrogens is 298 g/mol. The minimum Gasteiger partial charge on any atom is -0.486 e. The second-order valence-corrected chi connectivity index (χ2v) is 6.40. The number of ether oxygens (including phenoxy) is 1. The van der Waals surface area contributed by atoms with Gasteiger partial charge in [0.15, 0.2) is 0 Å². The molecular formula is C12H19N3O5S. The Bertz CT molecular complexity index is 589. The molecule has 21 heavy (non-hydrogen) atoms. The average Bonchev–Trinajstić information content (AvgIpc) is 2.37. The molecule has 118 valence electrons. The van der Waals surface area contributed by atoms with Crippen molar-refractivity contribution < 1.29 is 18.1 Å². The zero-order valence-electron chi connectivity index (χ0n) is 11.8. The Hall–Kier alpha value is -1.74. The van der Waals surface area contributed by atoms with E-state index in [2.05, 4.69) is 4.98 Å². The molecule has 0 aliphatic carbocycles. The zero-order valence-corrected chi connectivity index (χ0v) is 12.6. The van der Waals surface area contributed by atoms with E-state index in [4.69, 9.17) is 9.88 Å². The van der Waals surface area contributed by atoms with Gasteiger partial charge in [-0.3, -0.25) is 0 Å². The van der Waals surface area contributed by atoms with E-state index in [1.807, 2.05) is 0 Å². The molecule has 8 nitrogen and oxygen atoms in total. The summed E-state index contributed by atoms with van der Waals surface area (Å²) in [7, 11) is -3.39. The van der Waals surface area contributed by atoms with Crippen LogP contribution in [0.3, 0.4) is 0 Å². The molecule has 0 amide bonds. The van der Waals surface area contributed by atoms with E-state index in [1.54, 1.807) is 13.0 Å². The zero-order chi connectivity index (χ0) is 15.9. The quantitative estimate of drug-likeness (QED) is 0.418. The van der Waals surface area contributed by atoms with E-state index in [-0.39, 0.29) is 17.3 Å². The summed E-state index contributed by atoms with van der Waals surface area (Å²) in [4.78, 5) is 14.1. The van der Waals surface area contributed by atoms with Crippen LogP contribution in [0, 0.1) is 17.0 Å². The highest BCUT2D eigenvalue weighted by atomic mass is 32.2. The van der Waals surface area contributed by atoms with Gasteiger partial charge in [0.25, 0.3) is 0 Å². The number of primary sulfonamides is 1. The molecule has 1 heterocycles. The number of nitro groups is 1. The van der Waals surface area contributed by atoms with Crippen LogP contribution in [0.4, 0.5) is 5.82 Å². The van der Waals surface area contributed by atoms with Crippen molar-refractivity contribution in [2.24, 2.45) is 5.14 Å². The van der Waals surface area contributed by atoms with Crippen molar-refractivity contribution >= 4 is 15.8 Å². The van der Waals surface area contributed by atoms with Crippen molar-refractivity contribution in [1.29, 1.82) is 0 Å². The molecule has 0 atom stereocenters. The van der Waals surface area contributed by atoms with Gasteiger partial charge in [0, 0.05) is 6.92 Å². The molecule has 1 rings (SSSR count). The molecule has 0 aliphatic heterocycles. The van der Waals surface area contributed by atoms with Crippen molar-refractivity contribution in [3.05, 3.63) is 27.9 Å². The number of pyridine rings is 1. The van der Waals surface area contributed by atoms with Crippen molar-refractivity contribution in [2.45, 2.75) is 32.6 Å². The monoisotopic (exact) mass is 317 g/mol. The molecule has 0 spiro atoms. The number of aromatic nitrogens is 1. The third-order valence-corrected chi connectivity index (χ3v) is 3.59. The fourth-order valence-corrected chi connectivity index (χ4v) is 2.32. The number of nitrogens with zero attached hydrogens (tertiary/aromatic N) is 2. The summed E-state index contributed by atoms with van der Waals surface area (Å²) in [5, 5.41) is 15.7. The number of hydrogen-bond acceptors (Lipinski definition) is 6. The van der Waals surface area contributed by atoms with Crippen molar-refractivity contribution in [3.8, 4) is 5.75 Å². The Morgan fingerprint density at radius 1 is 1.29 bits per heavy atom. The number of hydrogen-bond donors (Lipinski definition) is 1. The van der Waals surface area contributed by atoms with Gasteiger partial charge in [-0.2, -0.15) is 0 Å². The Labute approximate surface area is 123 Å². The minimum atomic E-state index is -3.39. The number of unbranched alkanes of at least 4 members (excludes halogenated alkanes) is 3. The SMILES string of the molecule is Cc1ccc(OCCCCCCS(N)(=O)=O)c([N+](=O)[O-])n1. The highest BCUT2D eigenvalue weighted by molar-refractivity contribution is 7.89. The maximum absolute atomic E-state index is 10.8. The fraction of sp³-hybridized carbons (Fsp3) is 0.583. The van der Waals surface area contributed by atoms with E-state index in [0.29, 0.717) is 31.6 Å². The topological polar surface area (TPSA) is 125 Å². The Balaban J connectivity index is 2.32. The van der Waals surface area contributed by atoms with Crippen molar-refractivity contribution in [1.82, 2.24) is 4.98 Å². The van der Waals surface area contributed by atoms with Crippen LogP contribution < -0.4 is 9.88 Å². The molecule has 1 aromatic rings. The first-order valence-corrected chi connectivity index (χ1v) is 8.26. The number of aryl methyl sites for hydroxylation is 1. The first-order chi connectivity index (χ1) is 9.79. The lowest BCUT2D eigenvalue weighted by Gasteiger charge is -2.06.